The van der Waals surface area contributed by atoms with Crippen molar-refractivity contribution in [3.05, 3.63) is 35.6 Å². The first-order valence-electron chi connectivity index (χ1n) is 15.0. The number of aliphatic hydroxyl groups is 1. The number of carbonyl (C=O) groups is 2. The number of hydrogen-bond acceptors (Lipinski definition) is 4. The second kappa shape index (κ2) is 31.5. The fourth-order valence-electron chi connectivity index (χ4n) is 4.01. The van der Waals surface area contributed by atoms with Crippen LogP contribution in [0, 0.1) is 17.8 Å². The summed E-state index contributed by atoms with van der Waals surface area (Å²) >= 11 is 0. The average Bonchev–Trinajstić information content (AvgIpc) is 2.90. The van der Waals surface area contributed by atoms with Crippen molar-refractivity contribution in [1.82, 2.24) is 0 Å². The molecule has 0 aromatic carbocycles. The Labute approximate surface area is 238 Å². The second-order valence-electron chi connectivity index (χ2n) is 10.1. The van der Waals surface area contributed by atoms with Gasteiger partial charge in [-0.3, -0.25) is 4.79 Å². The van der Waals surface area contributed by atoms with E-state index in [-0.39, 0.29) is 25.2 Å². The van der Waals surface area contributed by atoms with Crippen LogP contribution in [0.2, 0.25) is 0 Å². The van der Waals surface area contributed by atoms with Gasteiger partial charge in [0.05, 0.1) is 6.10 Å². The predicted octanol–water partition coefficient (Wildman–Crippen LogP) is 9.76. The van der Waals surface area contributed by atoms with Gasteiger partial charge in [0.1, 0.15) is 6.29 Å². The minimum Gasteiger partial charge on any atom is -0.402 e. The normalized spacial score (nSPS) is 15.7. The van der Waals surface area contributed by atoms with Crippen LogP contribution < -0.4 is 5.73 Å². The van der Waals surface area contributed by atoms with Crippen molar-refractivity contribution in [2.45, 2.75) is 153 Å². The second-order valence-corrected chi connectivity index (χ2v) is 10.1. The Balaban J connectivity index is -0.000000339. The summed E-state index contributed by atoms with van der Waals surface area (Å²) in [6.07, 6.45) is 23.2. The molecule has 4 nitrogen and oxygen atoms in total. The van der Waals surface area contributed by atoms with E-state index >= 15 is 0 Å². The molecule has 0 heterocycles. The lowest BCUT2D eigenvalue weighted by Crippen LogP contribution is -2.23. The molecule has 0 aromatic heterocycles. The Morgan fingerprint density at radius 3 is 1.79 bits per heavy atom. The Kier molecular flexibility index (Phi) is 36.0. The largest absolute Gasteiger partial charge is 0.402 e. The number of aliphatic hydroxyl groups excluding tert-OH is 1. The molecular formula is C34H67NO3. The van der Waals surface area contributed by atoms with Crippen LogP contribution >= 0.6 is 0 Å². The quantitative estimate of drug-likeness (QED) is 0.124. The number of aldehydes is 1. The van der Waals surface area contributed by atoms with Crippen LogP contribution in [0.5, 0.6) is 0 Å². The summed E-state index contributed by atoms with van der Waals surface area (Å²) in [6, 6.07) is 0. The molecule has 0 aromatic rings. The van der Waals surface area contributed by atoms with Crippen LogP contribution in [0.4, 0.5) is 0 Å². The molecule has 1 aliphatic rings. The maximum absolute atomic E-state index is 12.5. The molecule has 0 aliphatic heterocycles. The Hall–Kier alpha value is -1.68. The van der Waals surface area contributed by atoms with E-state index in [2.05, 4.69) is 45.1 Å². The molecule has 0 bridgehead atoms. The van der Waals surface area contributed by atoms with Crippen LogP contribution in [0.15, 0.2) is 35.6 Å². The number of carbonyl (C=O) groups excluding carboxylic acids is 2. The lowest BCUT2D eigenvalue weighted by Gasteiger charge is -2.20. The third-order valence-corrected chi connectivity index (χ3v) is 6.72. The van der Waals surface area contributed by atoms with E-state index in [9.17, 15) is 9.90 Å². The van der Waals surface area contributed by atoms with Gasteiger partial charge in [-0.15, -0.1) is 0 Å². The van der Waals surface area contributed by atoms with Gasteiger partial charge in [-0.25, -0.2) is 0 Å². The molecule has 3 unspecified atom stereocenters. The SMILES string of the molecule is C.CC.CC=O.CCC(O)CCCCCCCCCC(C(=O)/C(C)=C(\C)N)C(C)C.CCC1C=CC=CC1. The van der Waals surface area contributed by atoms with Crippen LogP contribution in [-0.2, 0) is 9.59 Å². The molecular weight excluding hydrogens is 470 g/mol. The number of nitrogens with two attached hydrogens (primary N) is 1. The number of ketones is 1. The average molecular weight is 538 g/mol. The van der Waals surface area contributed by atoms with Crippen molar-refractivity contribution in [3.8, 4) is 0 Å². The van der Waals surface area contributed by atoms with Gasteiger partial charge in [0.25, 0.3) is 0 Å². The van der Waals surface area contributed by atoms with Gasteiger partial charge in [-0.1, -0.05) is 118 Å². The Morgan fingerprint density at radius 1 is 0.974 bits per heavy atom. The van der Waals surface area contributed by atoms with E-state index < -0.39 is 0 Å². The molecule has 38 heavy (non-hydrogen) atoms. The summed E-state index contributed by atoms with van der Waals surface area (Å²) in [5, 5.41) is 9.51. The third kappa shape index (κ3) is 25.9. The van der Waals surface area contributed by atoms with Gasteiger partial charge in [-0.2, -0.15) is 0 Å². The van der Waals surface area contributed by atoms with Crippen molar-refractivity contribution < 1.29 is 14.7 Å². The molecule has 0 saturated carbocycles. The highest BCUT2D eigenvalue weighted by atomic mass is 16.3. The molecule has 0 fully saturated rings. The number of hydrogen-bond donors (Lipinski definition) is 2. The molecule has 1 aliphatic carbocycles. The zero-order valence-electron chi connectivity index (χ0n) is 26.0. The van der Waals surface area contributed by atoms with Gasteiger partial charge in [0.15, 0.2) is 5.78 Å². The highest BCUT2D eigenvalue weighted by molar-refractivity contribution is 5.97. The summed E-state index contributed by atoms with van der Waals surface area (Å²) in [4.78, 5) is 21.3. The molecule has 0 radical (unpaired) electrons. The van der Waals surface area contributed by atoms with Crippen LogP contribution in [-0.4, -0.2) is 23.3 Å². The molecule has 226 valence electrons. The van der Waals surface area contributed by atoms with E-state index in [4.69, 9.17) is 10.5 Å². The smallest absolute Gasteiger partial charge is 0.163 e. The van der Waals surface area contributed by atoms with Gasteiger partial charge < -0.3 is 15.6 Å². The minimum absolute atomic E-state index is 0. The van der Waals surface area contributed by atoms with Crippen molar-refractivity contribution >= 4 is 12.1 Å². The van der Waals surface area contributed by atoms with E-state index in [0.29, 0.717) is 11.6 Å². The summed E-state index contributed by atoms with van der Waals surface area (Å²) in [6.45, 7) is 17.6. The maximum Gasteiger partial charge on any atom is 0.163 e. The third-order valence-electron chi connectivity index (χ3n) is 6.72. The Bertz CT molecular complexity index is 615. The summed E-state index contributed by atoms with van der Waals surface area (Å²) in [5.41, 5.74) is 7.17. The summed E-state index contributed by atoms with van der Waals surface area (Å²) in [7, 11) is 0. The first kappa shape index (κ1) is 43.4. The molecule has 0 spiro atoms. The van der Waals surface area contributed by atoms with Gasteiger partial charge in [0.2, 0.25) is 0 Å². The highest BCUT2D eigenvalue weighted by Gasteiger charge is 2.23. The molecule has 0 saturated heterocycles. The van der Waals surface area contributed by atoms with Crippen LogP contribution in [0.3, 0.4) is 0 Å². The highest BCUT2D eigenvalue weighted by Crippen LogP contribution is 2.24. The van der Waals surface area contributed by atoms with Gasteiger partial charge in [0, 0.05) is 17.2 Å². The molecule has 3 atom stereocenters. The lowest BCUT2D eigenvalue weighted by atomic mass is 9.83. The van der Waals surface area contributed by atoms with Gasteiger partial charge in [-0.05, 0) is 64.7 Å². The number of Topliss-reactive ketones (excluding diaryl/α,β-unsaturated/α-hetero) is 1. The lowest BCUT2D eigenvalue weighted by molar-refractivity contribution is -0.120. The van der Waals surface area contributed by atoms with Crippen molar-refractivity contribution in [3.63, 3.8) is 0 Å². The van der Waals surface area contributed by atoms with Crippen LogP contribution in [0.1, 0.15) is 147 Å². The molecule has 3 N–H and O–H groups in total. The van der Waals surface area contributed by atoms with Crippen LogP contribution in [0.25, 0.3) is 0 Å². The van der Waals surface area contributed by atoms with Crippen molar-refractivity contribution in [2.75, 3.05) is 0 Å². The minimum atomic E-state index is -0.106. The van der Waals surface area contributed by atoms with E-state index in [1.807, 2.05) is 34.6 Å². The monoisotopic (exact) mass is 538 g/mol. The fraction of sp³-hybridized carbons (Fsp3) is 0.765. The Morgan fingerprint density at radius 2 is 1.45 bits per heavy atom. The predicted molar refractivity (Wildman–Crippen MR) is 170 cm³/mol. The topological polar surface area (TPSA) is 80.4 Å². The fourth-order valence-corrected chi connectivity index (χ4v) is 4.01. The standard InChI is InChI=1S/C21H41NO2.C8H12.C2H4O.C2H6.CH4/c1-6-19(23)14-12-10-8-7-9-11-13-15-20(16(2)3)21(24)17(4)18(5)22;1-2-8-6-4-3-5-7-8;1-2-3;1-2;/h16,19-20,23H,6-15,22H2,1-5H3;3-6,8H,2,7H2,1H3;2H,1H3;1-2H3;1H4/b18-17+;;;;. The number of rotatable bonds is 15. The molecule has 4 heteroatoms. The van der Waals surface area contributed by atoms with Gasteiger partial charge >= 0.3 is 0 Å². The molecule has 1 rings (SSSR count). The number of unbranched alkanes of at least 4 members (excludes halogenated alkanes) is 6. The molecule has 0 amide bonds. The van der Waals surface area contributed by atoms with E-state index in [0.717, 1.165) is 49.9 Å². The van der Waals surface area contributed by atoms with E-state index in [1.54, 1.807) is 0 Å². The first-order valence-corrected chi connectivity index (χ1v) is 15.0. The first-order chi connectivity index (χ1) is 17.7. The maximum atomic E-state index is 12.5. The van der Waals surface area contributed by atoms with Crippen molar-refractivity contribution in [2.24, 2.45) is 23.5 Å². The zero-order chi connectivity index (χ0) is 29.1. The van der Waals surface area contributed by atoms with Crippen molar-refractivity contribution in [1.29, 1.82) is 0 Å². The summed E-state index contributed by atoms with van der Waals surface area (Å²) in [5.74, 6) is 1.54. The van der Waals surface area contributed by atoms with E-state index in [1.165, 1.54) is 51.9 Å². The summed E-state index contributed by atoms with van der Waals surface area (Å²) < 4.78 is 0. The number of allylic oxidation sites excluding steroid dienone is 6. The zero-order valence-corrected chi connectivity index (χ0v) is 26.0.